The minimum Gasteiger partial charge on any atom is -0.297 e. The topological polar surface area (TPSA) is 3.24 Å². The van der Waals surface area contributed by atoms with E-state index in [-0.39, 0.29) is 0 Å². The zero-order valence-electron chi connectivity index (χ0n) is 17.0. The number of halogens is 3. The van der Waals surface area contributed by atoms with Gasteiger partial charge in [0.2, 0.25) is 0 Å². The van der Waals surface area contributed by atoms with Crippen molar-refractivity contribution >= 4 is 34.8 Å². The molecule has 0 N–H and O–H groups in total. The summed E-state index contributed by atoms with van der Waals surface area (Å²) in [4.78, 5) is 2.62. The Morgan fingerprint density at radius 2 is 1.74 bits per heavy atom. The van der Waals surface area contributed by atoms with E-state index >= 15 is 0 Å². The van der Waals surface area contributed by atoms with Gasteiger partial charge in [-0.25, -0.2) is 0 Å². The highest BCUT2D eigenvalue weighted by molar-refractivity contribution is 6.20. The van der Waals surface area contributed by atoms with Gasteiger partial charge in [0, 0.05) is 36.3 Å². The van der Waals surface area contributed by atoms with Gasteiger partial charge >= 0.3 is 0 Å². The summed E-state index contributed by atoms with van der Waals surface area (Å²) < 4.78 is 0. The van der Waals surface area contributed by atoms with E-state index in [4.69, 9.17) is 34.8 Å². The number of alkyl halides is 3. The molecule has 154 valence electrons. The van der Waals surface area contributed by atoms with E-state index in [1.807, 2.05) is 0 Å². The number of hydrogen-bond acceptors (Lipinski definition) is 1. The molecule has 0 spiro atoms. The Hall–Kier alpha value is 0.570. The minimum absolute atomic E-state index is 0.366. The Balaban J connectivity index is 1.58. The lowest BCUT2D eigenvalue weighted by atomic mass is 9.48. The number of fused-ring (bicyclic) bond motifs is 5. The zero-order valence-corrected chi connectivity index (χ0v) is 19.3. The summed E-state index contributed by atoms with van der Waals surface area (Å²) in [6, 6.07) is 0.665. The van der Waals surface area contributed by atoms with Gasteiger partial charge < -0.3 is 0 Å². The number of allylic oxidation sites excluding steroid dienone is 2. The summed E-state index contributed by atoms with van der Waals surface area (Å²) in [5, 5.41) is 0.366. The van der Waals surface area contributed by atoms with Gasteiger partial charge in [-0.1, -0.05) is 25.5 Å². The van der Waals surface area contributed by atoms with Gasteiger partial charge in [-0.3, -0.25) is 4.90 Å². The third kappa shape index (κ3) is 3.41. The third-order valence-electron chi connectivity index (χ3n) is 9.18. The van der Waals surface area contributed by atoms with Gasteiger partial charge in [0.1, 0.15) is 0 Å². The van der Waals surface area contributed by atoms with Crippen molar-refractivity contribution in [2.75, 3.05) is 24.8 Å². The maximum atomic E-state index is 6.53. The lowest BCUT2D eigenvalue weighted by Crippen LogP contribution is -2.54. The van der Waals surface area contributed by atoms with Crippen LogP contribution < -0.4 is 0 Å². The lowest BCUT2D eigenvalue weighted by Gasteiger charge is -2.58. The molecular weight excluding hydrogens is 397 g/mol. The van der Waals surface area contributed by atoms with Gasteiger partial charge in [-0.15, -0.1) is 34.8 Å². The predicted molar refractivity (Wildman–Crippen MR) is 118 cm³/mol. The first kappa shape index (κ1) is 20.8. The van der Waals surface area contributed by atoms with Crippen molar-refractivity contribution in [2.24, 2.45) is 28.6 Å². The molecule has 4 aliphatic rings. The Labute approximate surface area is 181 Å². The van der Waals surface area contributed by atoms with Crippen LogP contribution in [-0.4, -0.2) is 41.2 Å². The van der Waals surface area contributed by atoms with E-state index < -0.39 is 0 Å². The molecule has 4 aliphatic carbocycles. The van der Waals surface area contributed by atoms with Crippen molar-refractivity contribution in [1.29, 1.82) is 0 Å². The maximum absolute atomic E-state index is 6.53. The van der Waals surface area contributed by atoms with Crippen molar-refractivity contribution in [3.63, 3.8) is 0 Å². The van der Waals surface area contributed by atoms with Crippen molar-refractivity contribution in [3.05, 3.63) is 11.6 Å². The van der Waals surface area contributed by atoms with Crippen LogP contribution >= 0.6 is 34.8 Å². The maximum Gasteiger partial charge on any atom is 0.0373 e. The Kier molecular flexibility index (Phi) is 6.18. The summed E-state index contributed by atoms with van der Waals surface area (Å²) in [7, 11) is 0. The molecular formula is C23H36Cl3N. The van der Waals surface area contributed by atoms with Crippen LogP contribution in [0.3, 0.4) is 0 Å². The molecule has 0 aromatic rings. The lowest BCUT2D eigenvalue weighted by molar-refractivity contribution is -0.0510. The summed E-state index contributed by atoms with van der Waals surface area (Å²) in [5.41, 5.74) is 2.55. The van der Waals surface area contributed by atoms with Gasteiger partial charge in [0.05, 0.1) is 0 Å². The SMILES string of the molecule is C[C@]12CC[C@H]3[C@@H](CC=C4C[C@H](Cl)CC[C@@]43C)[C@@H]1CC[C@H]2N(CCCl)CCCl. The van der Waals surface area contributed by atoms with E-state index in [1.165, 1.54) is 44.9 Å². The van der Waals surface area contributed by atoms with Crippen LogP contribution in [0.2, 0.25) is 0 Å². The van der Waals surface area contributed by atoms with Crippen molar-refractivity contribution in [1.82, 2.24) is 4.90 Å². The molecule has 3 fully saturated rings. The second-order valence-electron chi connectivity index (χ2n) is 10.2. The molecule has 0 heterocycles. The number of rotatable bonds is 5. The fourth-order valence-corrected chi connectivity index (χ4v) is 8.54. The Morgan fingerprint density at radius 1 is 1.00 bits per heavy atom. The smallest absolute Gasteiger partial charge is 0.0373 e. The van der Waals surface area contributed by atoms with Crippen LogP contribution in [0.1, 0.15) is 65.2 Å². The molecule has 0 unspecified atom stereocenters. The van der Waals surface area contributed by atoms with Gasteiger partial charge in [-0.2, -0.15) is 0 Å². The van der Waals surface area contributed by atoms with Crippen LogP contribution in [0.4, 0.5) is 0 Å². The molecule has 0 aromatic carbocycles. The normalized spacial score (nSPS) is 46.6. The zero-order chi connectivity index (χ0) is 19.2. The quantitative estimate of drug-likeness (QED) is 0.345. The standard InChI is InChI=1S/C23H36Cl3N/c1-22-9-7-17(26)15-16(22)3-4-18-19-5-6-21(27(13-11-24)14-12-25)23(19,2)10-8-20(18)22/h3,17-21H,4-15H2,1-2H3/t17-,18+,19+,20+,21-,22+,23+/m1/s1. The summed E-state index contributed by atoms with van der Waals surface area (Å²) in [5.74, 6) is 4.02. The summed E-state index contributed by atoms with van der Waals surface area (Å²) >= 11 is 18.8. The fourth-order valence-electron chi connectivity index (χ4n) is 7.83. The molecule has 27 heavy (non-hydrogen) atoms. The number of hydrogen-bond donors (Lipinski definition) is 0. The monoisotopic (exact) mass is 431 g/mol. The van der Waals surface area contributed by atoms with Crippen LogP contribution in [0, 0.1) is 28.6 Å². The molecule has 0 aromatic heterocycles. The second-order valence-corrected chi connectivity index (χ2v) is 11.5. The van der Waals surface area contributed by atoms with E-state index in [9.17, 15) is 0 Å². The van der Waals surface area contributed by atoms with Crippen LogP contribution in [0.25, 0.3) is 0 Å². The van der Waals surface area contributed by atoms with Crippen molar-refractivity contribution < 1.29 is 0 Å². The van der Waals surface area contributed by atoms with Crippen molar-refractivity contribution in [3.8, 4) is 0 Å². The largest absolute Gasteiger partial charge is 0.297 e. The highest BCUT2D eigenvalue weighted by Gasteiger charge is 2.59. The first-order valence-corrected chi connectivity index (χ1v) is 12.6. The van der Waals surface area contributed by atoms with Crippen molar-refractivity contribution in [2.45, 2.75) is 76.6 Å². The molecule has 0 aliphatic heterocycles. The Morgan fingerprint density at radius 3 is 2.44 bits per heavy atom. The molecule has 0 radical (unpaired) electrons. The van der Waals surface area contributed by atoms with Gasteiger partial charge in [-0.05, 0) is 80.0 Å². The molecule has 3 saturated carbocycles. The highest BCUT2D eigenvalue weighted by atomic mass is 35.5. The molecule has 0 amide bonds. The molecule has 7 atom stereocenters. The third-order valence-corrected chi connectivity index (χ3v) is 9.89. The average molecular weight is 433 g/mol. The van der Waals surface area contributed by atoms with Gasteiger partial charge in [0.15, 0.2) is 0 Å². The molecule has 4 rings (SSSR count). The molecule has 4 heteroatoms. The second kappa shape index (κ2) is 8.01. The van der Waals surface area contributed by atoms with Crippen LogP contribution in [-0.2, 0) is 0 Å². The predicted octanol–water partition coefficient (Wildman–Crippen LogP) is 6.70. The van der Waals surface area contributed by atoms with E-state index in [0.29, 0.717) is 34.0 Å². The van der Waals surface area contributed by atoms with Gasteiger partial charge in [0.25, 0.3) is 0 Å². The number of nitrogens with zero attached hydrogens (tertiary/aromatic N) is 1. The van der Waals surface area contributed by atoms with Crippen LogP contribution in [0.5, 0.6) is 0 Å². The molecule has 1 nitrogen and oxygen atoms in total. The summed E-state index contributed by atoms with van der Waals surface area (Å²) in [6.45, 7) is 7.13. The molecule has 0 saturated heterocycles. The van der Waals surface area contributed by atoms with Crippen LogP contribution in [0.15, 0.2) is 11.6 Å². The molecule has 0 bridgehead atoms. The summed E-state index contributed by atoms with van der Waals surface area (Å²) in [6.07, 6.45) is 13.0. The highest BCUT2D eigenvalue weighted by Crippen LogP contribution is 2.65. The first-order valence-electron chi connectivity index (χ1n) is 11.1. The fraction of sp³-hybridized carbons (Fsp3) is 0.913. The Bertz CT molecular complexity index is 572. The average Bonchev–Trinajstić information content (AvgIpc) is 2.99. The minimum atomic E-state index is 0.366. The van der Waals surface area contributed by atoms with E-state index in [0.717, 1.165) is 37.3 Å². The van der Waals surface area contributed by atoms with E-state index in [1.54, 1.807) is 5.57 Å². The first-order chi connectivity index (χ1) is 12.9. The van der Waals surface area contributed by atoms with E-state index in [2.05, 4.69) is 24.8 Å².